The molecule has 27 heavy (non-hydrogen) atoms. The predicted octanol–water partition coefficient (Wildman–Crippen LogP) is 1.67. The van der Waals surface area contributed by atoms with E-state index in [1.807, 2.05) is 24.3 Å². The Kier molecular flexibility index (Phi) is 8.82. The van der Waals surface area contributed by atoms with E-state index in [0.717, 1.165) is 45.8 Å². The first kappa shape index (κ1) is 20.9. The Bertz CT molecular complexity index is 640. The number of rotatable bonds is 9. The van der Waals surface area contributed by atoms with Crippen LogP contribution in [-0.2, 0) is 11.3 Å². The number of hydrogen-bond donors (Lipinski definition) is 1. The van der Waals surface area contributed by atoms with Gasteiger partial charge in [0, 0.05) is 52.0 Å². The molecule has 1 saturated heterocycles. The number of nitrogens with zero attached hydrogens (tertiary/aromatic N) is 4. The zero-order valence-corrected chi connectivity index (χ0v) is 16.5. The molecule has 0 bridgehead atoms. The maximum absolute atomic E-state index is 12.6. The van der Waals surface area contributed by atoms with Gasteiger partial charge in [-0.25, -0.2) is 0 Å². The minimum atomic E-state index is -0.174. The van der Waals surface area contributed by atoms with Gasteiger partial charge in [0.2, 0.25) is 0 Å². The molecule has 1 aromatic carbocycles. The van der Waals surface area contributed by atoms with Crippen LogP contribution in [0.3, 0.4) is 0 Å². The maximum Gasteiger partial charge on any atom is 0.266 e. The maximum atomic E-state index is 12.6. The molecular formula is C21H31N5O. The van der Waals surface area contributed by atoms with Gasteiger partial charge < -0.3 is 15.1 Å². The molecule has 1 aliphatic heterocycles. The van der Waals surface area contributed by atoms with Crippen LogP contribution in [0, 0.1) is 11.3 Å². The highest BCUT2D eigenvalue weighted by molar-refractivity contribution is 5.97. The zero-order chi connectivity index (χ0) is 19.5. The normalized spacial score (nSPS) is 15.6. The number of likely N-dealkylation sites (N-methyl/N-ethyl adjacent to an activating group) is 1. The Balaban J connectivity index is 1.79. The summed E-state index contributed by atoms with van der Waals surface area (Å²) >= 11 is 0. The minimum absolute atomic E-state index is 0.174. The van der Waals surface area contributed by atoms with Gasteiger partial charge in [-0.05, 0) is 18.7 Å². The van der Waals surface area contributed by atoms with E-state index in [9.17, 15) is 10.1 Å². The first-order valence-corrected chi connectivity index (χ1v) is 9.79. The second-order valence-corrected chi connectivity index (χ2v) is 6.70. The predicted molar refractivity (Wildman–Crippen MR) is 108 cm³/mol. The van der Waals surface area contributed by atoms with Gasteiger partial charge in [-0.3, -0.25) is 9.69 Å². The highest BCUT2D eigenvalue weighted by Gasteiger charge is 2.23. The minimum Gasteiger partial charge on any atom is -0.388 e. The highest BCUT2D eigenvalue weighted by atomic mass is 16.2. The van der Waals surface area contributed by atoms with E-state index in [1.165, 1.54) is 5.56 Å². The smallest absolute Gasteiger partial charge is 0.266 e. The molecule has 1 fully saturated rings. The average Bonchev–Trinajstić information content (AvgIpc) is 2.72. The Morgan fingerprint density at radius 1 is 1.19 bits per heavy atom. The van der Waals surface area contributed by atoms with Crippen molar-refractivity contribution in [2.45, 2.75) is 20.4 Å². The molecule has 2 rings (SSSR count). The molecule has 0 spiro atoms. The van der Waals surface area contributed by atoms with Crippen molar-refractivity contribution in [1.82, 2.24) is 20.0 Å². The third kappa shape index (κ3) is 6.70. The van der Waals surface area contributed by atoms with Crippen LogP contribution in [0.1, 0.15) is 19.4 Å². The van der Waals surface area contributed by atoms with Crippen molar-refractivity contribution in [3.63, 3.8) is 0 Å². The van der Waals surface area contributed by atoms with Gasteiger partial charge in [-0.15, -0.1) is 0 Å². The van der Waals surface area contributed by atoms with E-state index in [-0.39, 0.29) is 11.5 Å². The van der Waals surface area contributed by atoms with Crippen molar-refractivity contribution in [3.8, 4) is 6.07 Å². The van der Waals surface area contributed by atoms with Crippen molar-refractivity contribution in [1.29, 1.82) is 5.26 Å². The molecule has 6 heteroatoms. The molecular weight excluding hydrogens is 338 g/mol. The van der Waals surface area contributed by atoms with Gasteiger partial charge in [-0.1, -0.05) is 44.2 Å². The number of hydrogen-bond acceptors (Lipinski definition) is 5. The van der Waals surface area contributed by atoms with Crippen LogP contribution in [0.25, 0.3) is 0 Å². The molecule has 0 aromatic heterocycles. The topological polar surface area (TPSA) is 62.6 Å². The van der Waals surface area contributed by atoms with Crippen LogP contribution < -0.4 is 5.32 Å². The van der Waals surface area contributed by atoms with Gasteiger partial charge in [0.25, 0.3) is 5.91 Å². The lowest BCUT2D eigenvalue weighted by molar-refractivity contribution is -0.128. The third-order valence-corrected chi connectivity index (χ3v) is 4.97. The first-order chi connectivity index (χ1) is 13.2. The van der Waals surface area contributed by atoms with Gasteiger partial charge in [0.15, 0.2) is 0 Å². The van der Waals surface area contributed by atoms with Crippen LogP contribution >= 0.6 is 0 Å². The molecule has 0 saturated carbocycles. The summed E-state index contributed by atoms with van der Waals surface area (Å²) in [5.74, 6) is -0.174. The number of amides is 1. The molecule has 1 N–H and O–H groups in total. The lowest BCUT2D eigenvalue weighted by Crippen LogP contribution is -2.48. The van der Waals surface area contributed by atoms with Gasteiger partial charge >= 0.3 is 0 Å². The molecule has 0 aliphatic carbocycles. The fraction of sp³-hybridized carbons (Fsp3) is 0.524. The number of benzene rings is 1. The lowest BCUT2D eigenvalue weighted by atomic mass is 10.2. The largest absolute Gasteiger partial charge is 0.388 e. The monoisotopic (exact) mass is 369 g/mol. The van der Waals surface area contributed by atoms with Crippen molar-refractivity contribution in [2.75, 3.05) is 52.4 Å². The molecule has 6 nitrogen and oxygen atoms in total. The standard InChI is InChI=1S/C21H31N5O/c1-3-24(4-2)11-10-23-17-20(16-22)21(27)26-14-12-25(13-15-26)18-19-8-6-5-7-9-19/h5-9,17,23H,3-4,10-15,18H2,1-2H3/b20-17-. The lowest BCUT2D eigenvalue weighted by Gasteiger charge is -2.34. The van der Waals surface area contributed by atoms with Crippen LogP contribution in [0.2, 0.25) is 0 Å². The van der Waals surface area contributed by atoms with Crippen molar-refractivity contribution < 1.29 is 4.79 Å². The molecule has 1 heterocycles. The second kappa shape index (κ2) is 11.4. The summed E-state index contributed by atoms with van der Waals surface area (Å²) in [5.41, 5.74) is 1.47. The van der Waals surface area contributed by atoms with E-state index in [1.54, 1.807) is 11.1 Å². The summed E-state index contributed by atoms with van der Waals surface area (Å²) in [6, 6.07) is 12.4. The Hall–Kier alpha value is -2.36. The summed E-state index contributed by atoms with van der Waals surface area (Å²) in [4.78, 5) is 19.0. The number of carbonyl (C=O) groups excluding carboxylic acids is 1. The summed E-state index contributed by atoms with van der Waals surface area (Å²) in [5, 5.41) is 12.5. The summed E-state index contributed by atoms with van der Waals surface area (Å²) in [6.45, 7) is 11.7. The van der Waals surface area contributed by atoms with Crippen molar-refractivity contribution >= 4 is 5.91 Å². The summed E-state index contributed by atoms with van der Waals surface area (Å²) in [6.07, 6.45) is 1.57. The first-order valence-electron chi connectivity index (χ1n) is 9.79. The van der Waals surface area contributed by atoms with Crippen LogP contribution in [0.4, 0.5) is 0 Å². The van der Waals surface area contributed by atoms with Crippen molar-refractivity contribution in [3.05, 3.63) is 47.7 Å². The molecule has 0 unspecified atom stereocenters. The third-order valence-electron chi connectivity index (χ3n) is 4.97. The quantitative estimate of drug-likeness (QED) is 0.408. The molecule has 0 radical (unpaired) electrons. The van der Waals surface area contributed by atoms with Gasteiger partial charge in [0.1, 0.15) is 11.6 Å². The van der Waals surface area contributed by atoms with E-state index >= 15 is 0 Å². The van der Waals surface area contributed by atoms with E-state index in [0.29, 0.717) is 13.1 Å². The molecule has 1 aromatic rings. The molecule has 1 aliphatic rings. The highest BCUT2D eigenvalue weighted by Crippen LogP contribution is 2.10. The van der Waals surface area contributed by atoms with E-state index in [4.69, 9.17) is 0 Å². The number of piperazine rings is 1. The van der Waals surface area contributed by atoms with Crippen molar-refractivity contribution in [2.24, 2.45) is 0 Å². The Labute approximate surface area is 163 Å². The molecule has 1 amide bonds. The number of nitrogens with one attached hydrogen (secondary N) is 1. The van der Waals surface area contributed by atoms with E-state index in [2.05, 4.69) is 41.1 Å². The fourth-order valence-electron chi connectivity index (χ4n) is 3.20. The van der Waals surface area contributed by atoms with Gasteiger partial charge in [0.05, 0.1) is 0 Å². The SMILES string of the molecule is CCN(CC)CCN/C=C(/C#N)C(=O)N1CCN(Cc2ccccc2)CC1. The average molecular weight is 370 g/mol. The van der Waals surface area contributed by atoms with Crippen LogP contribution in [0.5, 0.6) is 0 Å². The molecule has 0 atom stereocenters. The van der Waals surface area contributed by atoms with E-state index < -0.39 is 0 Å². The van der Waals surface area contributed by atoms with Gasteiger partial charge in [-0.2, -0.15) is 5.26 Å². The zero-order valence-electron chi connectivity index (χ0n) is 16.5. The Morgan fingerprint density at radius 3 is 2.44 bits per heavy atom. The second-order valence-electron chi connectivity index (χ2n) is 6.70. The number of carbonyl (C=O) groups is 1. The Morgan fingerprint density at radius 2 is 1.85 bits per heavy atom. The van der Waals surface area contributed by atoms with Crippen LogP contribution in [0.15, 0.2) is 42.1 Å². The summed E-state index contributed by atoms with van der Waals surface area (Å²) < 4.78 is 0. The number of nitriles is 1. The molecule has 146 valence electrons. The summed E-state index contributed by atoms with van der Waals surface area (Å²) in [7, 11) is 0. The fourth-order valence-corrected chi connectivity index (χ4v) is 3.20. The van der Waals surface area contributed by atoms with Crippen LogP contribution in [-0.4, -0.2) is 73.0 Å².